The molecule has 1 amide bonds. The normalized spacial score (nSPS) is 20.2. The first-order valence-corrected chi connectivity index (χ1v) is 7.73. The summed E-state index contributed by atoms with van der Waals surface area (Å²) in [5.41, 5.74) is 1.21. The average Bonchev–Trinajstić information content (AvgIpc) is 2.75. The van der Waals surface area contributed by atoms with Crippen LogP contribution in [-0.4, -0.2) is 21.7 Å². The fourth-order valence-corrected chi connectivity index (χ4v) is 3.06. The van der Waals surface area contributed by atoms with Gasteiger partial charge in [0.2, 0.25) is 5.91 Å². The first-order chi connectivity index (χ1) is 8.39. The number of alkyl halides is 1. The Morgan fingerprint density at radius 3 is 2.78 bits per heavy atom. The van der Waals surface area contributed by atoms with E-state index >= 15 is 0 Å². The molecule has 0 aliphatic carbocycles. The van der Waals surface area contributed by atoms with Crippen molar-refractivity contribution in [1.29, 1.82) is 0 Å². The van der Waals surface area contributed by atoms with Gasteiger partial charge in [-0.25, -0.2) is 0 Å². The summed E-state index contributed by atoms with van der Waals surface area (Å²) >= 11 is 6.96. The molecule has 0 aromatic heterocycles. The number of nitrogens with zero attached hydrogens (tertiary/aromatic N) is 1. The lowest BCUT2D eigenvalue weighted by molar-refractivity contribution is -0.133. The number of amides is 1. The van der Waals surface area contributed by atoms with Crippen molar-refractivity contribution in [2.75, 3.05) is 6.54 Å². The van der Waals surface area contributed by atoms with Gasteiger partial charge in [-0.3, -0.25) is 4.79 Å². The van der Waals surface area contributed by atoms with Gasteiger partial charge in [-0.2, -0.15) is 0 Å². The van der Waals surface area contributed by atoms with Crippen molar-refractivity contribution in [1.82, 2.24) is 4.90 Å². The maximum Gasteiger partial charge on any atom is 0.239 e. The van der Waals surface area contributed by atoms with Crippen LogP contribution in [0.1, 0.15) is 38.3 Å². The van der Waals surface area contributed by atoms with Gasteiger partial charge in [-0.1, -0.05) is 44.0 Å². The molecule has 1 aliphatic rings. The number of benzene rings is 1. The van der Waals surface area contributed by atoms with Crippen molar-refractivity contribution in [2.45, 2.75) is 37.1 Å². The van der Waals surface area contributed by atoms with E-state index in [2.05, 4.69) is 44.0 Å². The van der Waals surface area contributed by atoms with Gasteiger partial charge in [-0.05, 0) is 44.4 Å². The van der Waals surface area contributed by atoms with E-state index < -0.39 is 4.32 Å². The predicted octanol–water partition coefficient (Wildman–Crippen LogP) is 4.29. The highest BCUT2D eigenvalue weighted by molar-refractivity contribution is 9.10. The van der Waals surface area contributed by atoms with Gasteiger partial charge in [-0.15, -0.1) is 0 Å². The summed E-state index contributed by atoms with van der Waals surface area (Å²) in [6.07, 6.45) is 2.12. The van der Waals surface area contributed by atoms with Crippen LogP contribution in [0.2, 0.25) is 0 Å². The van der Waals surface area contributed by atoms with Crippen molar-refractivity contribution >= 4 is 37.8 Å². The summed E-state index contributed by atoms with van der Waals surface area (Å²) < 4.78 is 0.583. The van der Waals surface area contributed by atoms with E-state index in [9.17, 15) is 4.79 Å². The lowest BCUT2D eigenvalue weighted by atomic mass is 10.0. The topological polar surface area (TPSA) is 20.3 Å². The fourth-order valence-electron chi connectivity index (χ4n) is 2.41. The number of carbonyl (C=O) groups excluding carboxylic acids is 1. The van der Waals surface area contributed by atoms with E-state index in [0.29, 0.717) is 0 Å². The average molecular weight is 375 g/mol. The molecule has 1 aromatic carbocycles. The molecule has 2 rings (SSSR count). The Bertz CT molecular complexity index is 453. The molecule has 4 heteroatoms. The largest absolute Gasteiger partial charge is 0.334 e. The Hall–Kier alpha value is -0.350. The summed E-state index contributed by atoms with van der Waals surface area (Å²) in [6.45, 7) is 4.67. The van der Waals surface area contributed by atoms with E-state index in [1.807, 2.05) is 30.9 Å². The van der Waals surface area contributed by atoms with Crippen LogP contribution in [-0.2, 0) is 4.79 Å². The first kappa shape index (κ1) is 14.1. The summed E-state index contributed by atoms with van der Waals surface area (Å²) in [5.74, 6) is 0.171. The van der Waals surface area contributed by atoms with Crippen molar-refractivity contribution in [3.8, 4) is 0 Å². The van der Waals surface area contributed by atoms with Crippen molar-refractivity contribution in [3.05, 3.63) is 34.3 Å². The molecule has 0 radical (unpaired) electrons. The van der Waals surface area contributed by atoms with E-state index in [1.54, 1.807) is 0 Å². The van der Waals surface area contributed by atoms with E-state index in [0.717, 1.165) is 23.9 Å². The van der Waals surface area contributed by atoms with Crippen LogP contribution in [0.5, 0.6) is 0 Å². The predicted molar refractivity (Wildman–Crippen MR) is 80.8 cm³/mol. The molecule has 1 atom stereocenters. The van der Waals surface area contributed by atoms with Crippen molar-refractivity contribution < 1.29 is 4.79 Å². The molecule has 18 heavy (non-hydrogen) atoms. The lowest BCUT2D eigenvalue weighted by Crippen LogP contribution is -2.41. The van der Waals surface area contributed by atoms with Gasteiger partial charge in [0.05, 0.1) is 10.4 Å². The number of carbonyl (C=O) groups is 1. The molecular formula is C14H17Br2NO. The zero-order valence-corrected chi connectivity index (χ0v) is 13.8. The molecule has 1 unspecified atom stereocenters. The van der Waals surface area contributed by atoms with Crippen LogP contribution < -0.4 is 0 Å². The Balaban J connectivity index is 2.25. The molecule has 1 fully saturated rings. The Labute approximate surface area is 125 Å². The SMILES string of the molecule is CC(C)(Br)C(=O)N1CCCC1c1cccc(Br)c1. The van der Waals surface area contributed by atoms with Crippen molar-refractivity contribution in [2.24, 2.45) is 0 Å². The summed E-state index contributed by atoms with van der Waals surface area (Å²) in [4.78, 5) is 14.4. The van der Waals surface area contributed by atoms with E-state index in [4.69, 9.17) is 0 Å². The van der Waals surface area contributed by atoms with Gasteiger partial charge < -0.3 is 4.90 Å². The highest BCUT2D eigenvalue weighted by atomic mass is 79.9. The van der Waals surface area contributed by atoms with Crippen molar-refractivity contribution in [3.63, 3.8) is 0 Å². The van der Waals surface area contributed by atoms with Crippen LogP contribution in [0, 0.1) is 0 Å². The molecule has 1 heterocycles. The van der Waals surface area contributed by atoms with E-state index in [1.165, 1.54) is 5.56 Å². The number of hydrogen-bond acceptors (Lipinski definition) is 1. The maximum absolute atomic E-state index is 12.4. The molecule has 1 saturated heterocycles. The fraction of sp³-hybridized carbons (Fsp3) is 0.500. The van der Waals surface area contributed by atoms with Gasteiger partial charge in [0, 0.05) is 11.0 Å². The molecule has 0 bridgehead atoms. The van der Waals surface area contributed by atoms with Gasteiger partial charge in [0.15, 0.2) is 0 Å². The standard InChI is InChI=1S/C14H17Br2NO/c1-14(2,16)13(18)17-8-4-7-12(17)10-5-3-6-11(15)9-10/h3,5-6,9,12H,4,7-8H2,1-2H3. The molecule has 0 saturated carbocycles. The molecule has 98 valence electrons. The number of halogens is 2. The number of hydrogen-bond donors (Lipinski definition) is 0. The zero-order valence-electron chi connectivity index (χ0n) is 10.6. The number of rotatable bonds is 2. The summed E-state index contributed by atoms with van der Waals surface area (Å²) in [5, 5.41) is 0. The Morgan fingerprint density at radius 1 is 1.44 bits per heavy atom. The van der Waals surface area contributed by atoms with Gasteiger partial charge in [0.1, 0.15) is 0 Å². The quantitative estimate of drug-likeness (QED) is 0.707. The third kappa shape index (κ3) is 2.97. The third-order valence-corrected chi connectivity index (χ3v) is 4.09. The maximum atomic E-state index is 12.4. The van der Waals surface area contributed by atoms with Crippen LogP contribution in [0.4, 0.5) is 0 Å². The lowest BCUT2D eigenvalue weighted by Gasteiger charge is -2.30. The highest BCUT2D eigenvalue weighted by Gasteiger charge is 2.36. The second-order valence-electron chi connectivity index (χ2n) is 5.18. The van der Waals surface area contributed by atoms with Crippen LogP contribution in [0.15, 0.2) is 28.7 Å². The molecule has 2 nitrogen and oxygen atoms in total. The Morgan fingerprint density at radius 2 is 2.17 bits per heavy atom. The molecule has 1 aromatic rings. The van der Waals surface area contributed by atoms with Crippen LogP contribution in [0.3, 0.4) is 0 Å². The monoisotopic (exact) mass is 373 g/mol. The molecule has 0 N–H and O–H groups in total. The molecular weight excluding hydrogens is 358 g/mol. The summed E-state index contributed by atoms with van der Waals surface area (Å²) in [7, 11) is 0. The summed E-state index contributed by atoms with van der Waals surface area (Å²) in [6, 6.07) is 8.46. The van der Waals surface area contributed by atoms with Crippen LogP contribution in [0.25, 0.3) is 0 Å². The minimum absolute atomic E-state index is 0.171. The van der Waals surface area contributed by atoms with Gasteiger partial charge >= 0.3 is 0 Å². The Kier molecular flexibility index (Phi) is 4.17. The second-order valence-corrected chi connectivity index (χ2v) is 8.08. The smallest absolute Gasteiger partial charge is 0.239 e. The minimum atomic E-state index is -0.485. The van der Waals surface area contributed by atoms with Gasteiger partial charge in [0.25, 0.3) is 0 Å². The highest BCUT2D eigenvalue weighted by Crippen LogP contribution is 2.36. The second kappa shape index (κ2) is 5.33. The minimum Gasteiger partial charge on any atom is -0.334 e. The van der Waals surface area contributed by atoms with Crippen LogP contribution >= 0.6 is 31.9 Å². The molecule has 1 aliphatic heterocycles. The zero-order chi connectivity index (χ0) is 13.3. The first-order valence-electron chi connectivity index (χ1n) is 6.15. The number of likely N-dealkylation sites (tertiary alicyclic amines) is 1. The molecule has 0 spiro atoms. The van der Waals surface area contributed by atoms with E-state index in [-0.39, 0.29) is 11.9 Å². The third-order valence-electron chi connectivity index (χ3n) is 3.26.